The van der Waals surface area contributed by atoms with Crippen LogP contribution in [0.25, 0.3) is 0 Å². The Bertz CT molecular complexity index is 532. The van der Waals surface area contributed by atoms with Gasteiger partial charge in [0.15, 0.2) is 0 Å². The number of methoxy groups -OCH3 is 1. The first kappa shape index (κ1) is 13.2. The Labute approximate surface area is 118 Å². The van der Waals surface area contributed by atoms with Gasteiger partial charge in [-0.15, -0.1) is 0 Å². The maximum absolute atomic E-state index is 12.5. The van der Waals surface area contributed by atoms with Crippen molar-refractivity contribution in [3.05, 3.63) is 23.8 Å². The highest BCUT2D eigenvalue weighted by molar-refractivity contribution is 5.97. The Balaban J connectivity index is 1.80. The smallest absolute Gasteiger partial charge is 0.257 e. The van der Waals surface area contributed by atoms with Gasteiger partial charge in [0.2, 0.25) is 0 Å². The van der Waals surface area contributed by atoms with Gasteiger partial charge >= 0.3 is 0 Å². The fourth-order valence-corrected chi connectivity index (χ4v) is 3.46. The van der Waals surface area contributed by atoms with E-state index in [1.807, 2.05) is 4.90 Å². The summed E-state index contributed by atoms with van der Waals surface area (Å²) in [4.78, 5) is 14.4. The van der Waals surface area contributed by atoms with Gasteiger partial charge in [-0.2, -0.15) is 0 Å². The third kappa shape index (κ3) is 2.12. The molecule has 1 aliphatic carbocycles. The zero-order valence-electron chi connectivity index (χ0n) is 11.6. The molecule has 5 nitrogen and oxygen atoms in total. The lowest BCUT2D eigenvalue weighted by atomic mass is 9.98. The highest BCUT2D eigenvalue weighted by Crippen LogP contribution is 2.38. The van der Waals surface area contributed by atoms with E-state index in [0.29, 0.717) is 29.7 Å². The van der Waals surface area contributed by atoms with Crippen LogP contribution in [0.1, 0.15) is 23.2 Å². The van der Waals surface area contributed by atoms with Crippen molar-refractivity contribution in [2.24, 2.45) is 17.6 Å². The molecule has 2 fully saturated rings. The van der Waals surface area contributed by atoms with Crippen LogP contribution in [0, 0.1) is 11.8 Å². The van der Waals surface area contributed by atoms with Gasteiger partial charge in [-0.3, -0.25) is 4.79 Å². The van der Waals surface area contributed by atoms with Crippen molar-refractivity contribution in [1.29, 1.82) is 0 Å². The van der Waals surface area contributed by atoms with Gasteiger partial charge in [-0.1, -0.05) is 0 Å². The second-order valence-corrected chi connectivity index (χ2v) is 5.76. The van der Waals surface area contributed by atoms with Gasteiger partial charge < -0.3 is 20.5 Å². The van der Waals surface area contributed by atoms with Gasteiger partial charge in [-0.25, -0.2) is 0 Å². The third-order valence-corrected chi connectivity index (χ3v) is 4.63. The topological polar surface area (TPSA) is 75.8 Å². The summed E-state index contributed by atoms with van der Waals surface area (Å²) < 4.78 is 5.11. The minimum Gasteiger partial charge on any atom is -0.507 e. The molecule has 1 aliphatic heterocycles. The number of rotatable bonds is 2. The van der Waals surface area contributed by atoms with Crippen LogP contribution in [-0.4, -0.2) is 42.2 Å². The molecule has 3 N–H and O–H groups in total. The lowest BCUT2D eigenvalue weighted by Crippen LogP contribution is -2.33. The van der Waals surface area contributed by atoms with Gasteiger partial charge in [0.05, 0.1) is 12.7 Å². The summed E-state index contributed by atoms with van der Waals surface area (Å²) in [5, 5.41) is 9.89. The molecule has 1 heterocycles. The molecule has 20 heavy (non-hydrogen) atoms. The van der Waals surface area contributed by atoms with E-state index in [2.05, 4.69) is 0 Å². The lowest BCUT2D eigenvalue weighted by Gasteiger charge is -2.19. The Kier molecular flexibility index (Phi) is 3.30. The van der Waals surface area contributed by atoms with Crippen molar-refractivity contribution in [3.8, 4) is 11.5 Å². The van der Waals surface area contributed by atoms with Gasteiger partial charge in [0.1, 0.15) is 11.5 Å². The largest absolute Gasteiger partial charge is 0.507 e. The first-order chi connectivity index (χ1) is 9.60. The number of aromatic hydroxyl groups is 1. The van der Waals surface area contributed by atoms with Crippen LogP contribution in [0.15, 0.2) is 18.2 Å². The Morgan fingerprint density at radius 2 is 2.20 bits per heavy atom. The summed E-state index contributed by atoms with van der Waals surface area (Å²) in [6, 6.07) is 4.93. The molecular formula is C15H20N2O3. The van der Waals surface area contributed by atoms with Gasteiger partial charge in [0.25, 0.3) is 5.91 Å². The number of likely N-dealkylation sites (tertiary alicyclic amines) is 1. The first-order valence-corrected chi connectivity index (χ1v) is 7.02. The van der Waals surface area contributed by atoms with E-state index >= 15 is 0 Å². The summed E-state index contributed by atoms with van der Waals surface area (Å²) in [5.74, 6) is 1.36. The summed E-state index contributed by atoms with van der Waals surface area (Å²) in [6.45, 7) is 1.44. The molecule has 0 spiro atoms. The van der Waals surface area contributed by atoms with Crippen molar-refractivity contribution in [3.63, 3.8) is 0 Å². The quantitative estimate of drug-likeness (QED) is 0.851. The van der Waals surface area contributed by atoms with E-state index in [1.54, 1.807) is 19.2 Å². The average Bonchev–Trinajstić information content (AvgIpc) is 3.01. The molecule has 1 aromatic carbocycles. The van der Waals surface area contributed by atoms with E-state index in [1.165, 1.54) is 6.07 Å². The van der Waals surface area contributed by atoms with E-state index < -0.39 is 0 Å². The third-order valence-electron chi connectivity index (χ3n) is 4.63. The van der Waals surface area contributed by atoms with Crippen LogP contribution in [0.2, 0.25) is 0 Å². The molecular weight excluding hydrogens is 256 g/mol. The maximum atomic E-state index is 12.5. The molecule has 3 rings (SSSR count). The SMILES string of the molecule is COc1ccc(O)c(C(=O)N2CC3CCC(N)C3C2)c1. The molecule has 5 heteroatoms. The molecule has 1 saturated carbocycles. The monoisotopic (exact) mass is 276 g/mol. The molecule has 0 radical (unpaired) electrons. The van der Waals surface area contributed by atoms with Crippen LogP contribution >= 0.6 is 0 Å². The van der Waals surface area contributed by atoms with E-state index in [-0.39, 0.29) is 17.7 Å². The molecule has 108 valence electrons. The first-order valence-electron chi connectivity index (χ1n) is 7.02. The number of phenols is 1. The summed E-state index contributed by atoms with van der Waals surface area (Å²) >= 11 is 0. The molecule has 1 saturated heterocycles. The highest BCUT2D eigenvalue weighted by Gasteiger charge is 2.42. The molecule has 1 aromatic rings. The average molecular weight is 276 g/mol. The fourth-order valence-electron chi connectivity index (χ4n) is 3.46. The van der Waals surface area contributed by atoms with Crippen molar-refractivity contribution in [1.82, 2.24) is 4.90 Å². The second kappa shape index (κ2) is 4.98. The number of carbonyl (C=O) groups excluding carboxylic acids is 1. The minimum absolute atomic E-state index is 0.00263. The van der Waals surface area contributed by atoms with Crippen LogP contribution in [0.4, 0.5) is 0 Å². The van der Waals surface area contributed by atoms with E-state index in [9.17, 15) is 9.90 Å². The van der Waals surface area contributed by atoms with Crippen molar-refractivity contribution >= 4 is 5.91 Å². The number of benzene rings is 1. The standard InChI is InChI=1S/C15H20N2O3/c1-20-10-3-5-14(18)11(6-10)15(19)17-7-9-2-4-13(16)12(9)8-17/h3,5-6,9,12-13,18H,2,4,7-8,16H2,1H3. The number of nitrogens with two attached hydrogens (primary N) is 1. The number of ether oxygens (including phenoxy) is 1. The molecule has 3 atom stereocenters. The van der Waals surface area contributed by atoms with E-state index in [0.717, 1.165) is 19.4 Å². The zero-order valence-corrected chi connectivity index (χ0v) is 11.6. The summed E-state index contributed by atoms with van der Waals surface area (Å²) in [5.41, 5.74) is 6.39. The lowest BCUT2D eigenvalue weighted by molar-refractivity contribution is 0.0776. The zero-order chi connectivity index (χ0) is 14.3. The van der Waals surface area contributed by atoms with Crippen molar-refractivity contribution < 1.29 is 14.6 Å². The number of hydrogen-bond donors (Lipinski definition) is 2. The molecule has 0 aromatic heterocycles. The highest BCUT2D eigenvalue weighted by atomic mass is 16.5. The number of nitrogens with zero attached hydrogens (tertiary/aromatic N) is 1. The van der Waals surface area contributed by atoms with E-state index in [4.69, 9.17) is 10.5 Å². The number of phenolic OH excluding ortho intramolecular Hbond substituents is 1. The number of amides is 1. The van der Waals surface area contributed by atoms with Crippen LogP contribution in [0.3, 0.4) is 0 Å². The van der Waals surface area contributed by atoms with Crippen molar-refractivity contribution in [2.75, 3.05) is 20.2 Å². The van der Waals surface area contributed by atoms with Gasteiger partial charge in [-0.05, 0) is 42.9 Å². The fraction of sp³-hybridized carbons (Fsp3) is 0.533. The predicted octanol–water partition coefficient (Wildman–Crippen LogP) is 1.21. The summed E-state index contributed by atoms with van der Waals surface area (Å²) in [7, 11) is 1.54. The normalized spacial score (nSPS) is 28.5. The molecule has 1 amide bonds. The minimum atomic E-state index is -0.136. The summed E-state index contributed by atoms with van der Waals surface area (Å²) in [6.07, 6.45) is 2.15. The molecule has 3 unspecified atom stereocenters. The van der Waals surface area contributed by atoms with Crippen molar-refractivity contribution in [2.45, 2.75) is 18.9 Å². The molecule has 0 bridgehead atoms. The molecule has 2 aliphatic rings. The second-order valence-electron chi connectivity index (χ2n) is 5.76. The maximum Gasteiger partial charge on any atom is 0.257 e. The number of fused-ring (bicyclic) bond motifs is 1. The van der Waals surface area contributed by atoms with Gasteiger partial charge in [0, 0.05) is 19.1 Å². The Morgan fingerprint density at radius 1 is 1.40 bits per heavy atom. The predicted molar refractivity (Wildman–Crippen MR) is 74.8 cm³/mol. The number of hydrogen-bond acceptors (Lipinski definition) is 4. The Hall–Kier alpha value is -1.75. The Morgan fingerprint density at radius 3 is 2.90 bits per heavy atom. The van der Waals surface area contributed by atoms with Crippen LogP contribution in [0.5, 0.6) is 11.5 Å². The number of carbonyl (C=O) groups is 1. The van der Waals surface area contributed by atoms with Crippen LogP contribution < -0.4 is 10.5 Å². The van der Waals surface area contributed by atoms with Crippen LogP contribution in [-0.2, 0) is 0 Å².